The van der Waals surface area contributed by atoms with Crippen molar-refractivity contribution in [3.8, 4) is 0 Å². The third kappa shape index (κ3) is 2.31. The van der Waals surface area contributed by atoms with E-state index in [1.165, 1.54) is 38.8 Å². The Morgan fingerprint density at radius 1 is 1.18 bits per heavy atom. The first kappa shape index (κ1) is 14.7. The number of fused-ring (bicyclic) bond motifs is 2. The lowest BCUT2D eigenvalue weighted by Crippen LogP contribution is -2.46. The van der Waals surface area contributed by atoms with Crippen LogP contribution in [-0.2, 0) is 10.2 Å². The van der Waals surface area contributed by atoms with E-state index >= 15 is 0 Å². The average Bonchev–Trinajstić information content (AvgIpc) is 3.16. The summed E-state index contributed by atoms with van der Waals surface area (Å²) < 4.78 is 5.58. The van der Waals surface area contributed by atoms with Gasteiger partial charge < -0.3 is 9.64 Å². The molecule has 0 radical (unpaired) electrons. The Morgan fingerprint density at radius 3 is 2.64 bits per heavy atom. The van der Waals surface area contributed by atoms with E-state index in [2.05, 4.69) is 48.2 Å². The summed E-state index contributed by atoms with van der Waals surface area (Å²) >= 11 is 0. The number of hydrogen-bond acceptors (Lipinski definition) is 3. The van der Waals surface area contributed by atoms with Crippen molar-refractivity contribution in [3.63, 3.8) is 0 Å². The van der Waals surface area contributed by atoms with Gasteiger partial charge in [0, 0.05) is 18.7 Å². The fourth-order valence-electron chi connectivity index (χ4n) is 4.92. The fourth-order valence-corrected chi connectivity index (χ4v) is 4.92. The summed E-state index contributed by atoms with van der Waals surface area (Å²) in [5.41, 5.74) is 3.63. The van der Waals surface area contributed by atoms with Crippen LogP contribution in [0.3, 0.4) is 0 Å². The summed E-state index contributed by atoms with van der Waals surface area (Å²) in [6, 6.07) is 10.5. The van der Waals surface area contributed by atoms with Crippen LogP contribution >= 0.6 is 0 Å². The van der Waals surface area contributed by atoms with Crippen LogP contribution in [0.15, 0.2) is 24.3 Å². The molecule has 3 heteroatoms. The van der Waals surface area contributed by atoms with E-state index in [0.29, 0.717) is 17.5 Å². The second-order valence-corrected chi connectivity index (χ2v) is 7.60. The van der Waals surface area contributed by atoms with Crippen LogP contribution in [0.2, 0.25) is 0 Å². The van der Waals surface area contributed by atoms with E-state index in [1.54, 1.807) is 11.1 Å². The molecule has 22 heavy (non-hydrogen) atoms. The zero-order chi connectivity index (χ0) is 15.2. The first-order valence-corrected chi connectivity index (χ1v) is 8.77. The smallest absolute Gasteiger partial charge is 0.0622 e. The molecule has 1 aromatic rings. The third-order valence-electron chi connectivity index (χ3n) is 6.28. The molecule has 0 bridgehead atoms. The fraction of sp³-hybridized carbons (Fsp3) is 0.684. The van der Waals surface area contributed by atoms with Gasteiger partial charge in [0.2, 0.25) is 0 Å². The molecule has 3 nitrogen and oxygen atoms in total. The maximum absolute atomic E-state index is 5.58. The van der Waals surface area contributed by atoms with Crippen molar-refractivity contribution in [1.29, 1.82) is 0 Å². The minimum Gasteiger partial charge on any atom is -0.380 e. The molecule has 1 aromatic carbocycles. The van der Waals surface area contributed by atoms with Gasteiger partial charge in [-0.2, -0.15) is 0 Å². The predicted molar refractivity (Wildman–Crippen MR) is 89.2 cm³/mol. The first-order valence-electron chi connectivity index (χ1n) is 8.77. The number of ether oxygens (including phenoxy) is 1. The summed E-state index contributed by atoms with van der Waals surface area (Å²) in [5, 5.41) is 0. The zero-order valence-electron chi connectivity index (χ0n) is 13.9. The highest BCUT2D eigenvalue weighted by atomic mass is 16.5. The molecule has 0 amide bonds. The molecule has 0 aromatic heterocycles. The minimum atomic E-state index is 0.418. The molecule has 2 saturated heterocycles. The maximum atomic E-state index is 5.58. The van der Waals surface area contributed by atoms with E-state index in [1.807, 2.05) is 0 Å². The van der Waals surface area contributed by atoms with E-state index in [4.69, 9.17) is 4.74 Å². The molecule has 4 rings (SSSR count). The topological polar surface area (TPSA) is 15.7 Å². The maximum Gasteiger partial charge on any atom is 0.0622 e. The lowest BCUT2D eigenvalue weighted by molar-refractivity contribution is 0.0906. The Kier molecular flexibility index (Phi) is 3.75. The zero-order valence-corrected chi connectivity index (χ0v) is 13.9. The number of piperidine rings is 1. The summed E-state index contributed by atoms with van der Waals surface area (Å²) in [4.78, 5) is 5.09. The second-order valence-electron chi connectivity index (χ2n) is 7.60. The highest BCUT2D eigenvalue weighted by Gasteiger charge is 2.46. The molecule has 0 N–H and O–H groups in total. The van der Waals surface area contributed by atoms with Crippen LogP contribution in [0.1, 0.15) is 42.9 Å². The van der Waals surface area contributed by atoms with Gasteiger partial charge in [-0.05, 0) is 69.4 Å². The van der Waals surface area contributed by atoms with Crippen molar-refractivity contribution in [2.24, 2.45) is 0 Å². The molecule has 2 atom stereocenters. The first-order chi connectivity index (χ1) is 10.7. The van der Waals surface area contributed by atoms with Gasteiger partial charge in [0.25, 0.3) is 0 Å². The van der Waals surface area contributed by atoms with Gasteiger partial charge in [0.1, 0.15) is 0 Å². The molecule has 0 saturated carbocycles. The Hall–Kier alpha value is -0.900. The van der Waals surface area contributed by atoms with Gasteiger partial charge in [-0.1, -0.05) is 24.3 Å². The van der Waals surface area contributed by atoms with Crippen LogP contribution in [0.5, 0.6) is 0 Å². The molecule has 1 aliphatic carbocycles. The molecule has 1 spiro atoms. The monoisotopic (exact) mass is 300 g/mol. The second kappa shape index (κ2) is 5.63. The van der Waals surface area contributed by atoms with Crippen molar-refractivity contribution >= 4 is 0 Å². The molecule has 2 fully saturated rings. The van der Waals surface area contributed by atoms with Crippen molar-refractivity contribution in [3.05, 3.63) is 35.4 Å². The quantitative estimate of drug-likeness (QED) is 0.835. The molecular formula is C19H28N2O. The normalized spacial score (nSPS) is 31.0. The van der Waals surface area contributed by atoms with Crippen molar-refractivity contribution in [1.82, 2.24) is 9.80 Å². The number of likely N-dealkylation sites (tertiary alicyclic amines) is 1. The SMILES string of the molecule is CN(C)[C@H]1CC2(CCN([C@H]3CCOC3)CC2)c2ccccc21. The van der Waals surface area contributed by atoms with Crippen LogP contribution in [0, 0.1) is 0 Å². The van der Waals surface area contributed by atoms with Crippen LogP contribution in [-0.4, -0.2) is 56.2 Å². The van der Waals surface area contributed by atoms with Crippen molar-refractivity contribution in [2.75, 3.05) is 40.4 Å². The third-order valence-corrected chi connectivity index (χ3v) is 6.28. The van der Waals surface area contributed by atoms with Gasteiger partial charge in [-0.15, -0.1) is 0 Å². The predicted octanol–water partition coefficient (Wildman–Crippen LogP) is 2.82. The van der Waals surface area contributed by atoms with Gasteiger partial charge in [-0.3, -0.25) is 4.90 Å². The van der Waals surface area contributed by atoms with Gasteiger partial charge in [0.15, 0.2) is 0 Å². The lowest BCUT2D eigenvalue weighted by atomic mass is 9.73. The van der Waals surface area contributed by atoms with E-state index in [0.717, 1.165) is 13.2 Å². The Bertz CT molecular complexity index is 528. The molecular weight excluding hydrogens is 272 g/mol. The highest BCUT2D eigenvalue weighted by molar-refractivity contribution is 5.42. The number of nitrogens with zero attached hydrogens (tertiary/aromatic N) is 2. The molecule has 2 heterocycles. The Labute approximate surface area is 134 Å². The summed E-state index contributed by atoms with van der Waals surface area (Å²) in [5.74, 6) is 0. The number of hydrogen-bond donors (Lipinski definition) is 0. The number of benzene rings is 1. The van der Waals surface area contributed by atoms with E-state index in [9.17, 15) is 0 Å². The molecule has 2 aliphatic heterocycles. The molecule has 0 unspecified atom stereocenters. The van der Waals surface area contributed by atoms with Gasteiger partial charge >= 0.3 is 0 Å². The van der Waals surface area contributed by atoms with E-state index < -0.39 is 0 Å². The molecule has 3 aliphatic rings. The Balaban J connectivity index is 1.56. The summed E-state index contributed by atoms with van der Waals surface area (Å²) in [6.45, 7) is 4.38. The lowest BCUT2D eigenvalue weighted by Gasteiger charge is -2.42. The van der Waals surface area contributed by atoms with Crippen molar-refractivity contribution < 1.29 is 4.74 Å². The number of rotatable bonds is 2. The van der Waals surface area contributed by atoms with Crippen LogP contribution in [0.4, 0.5) is 0 Å². The minimum absolute atomic E-state index is 0.418. The molecule has 120 valence electrons. The van der Waals surface area contributed by atoms with Crippen LogP contribution < -0.4 is 0 Å². The summed E-state index contributed by atoms with van der Waals surface area (Å²) in [6.07, 6.45) is 5.15. The highest BCUT2D eigenvalue weighted by Crippen LogP contribution is 2.52. The summed E-state index contributed by atoms with van der Waals surface area (Å²) in [7, 11) is 4.46. The largest absolute Gasteiger partial charge is 0.380 e. The van der Waals surface area contributed by atoms with Crippen LogP contribution in [0.25, 0.3) is 0 Å². The van der Waals surface area contributed by atoms with E-state index in [-0.39, 0.29) is 0 Å². The standard InChI is InChI=1S/C19H28N2O/c1-20(2)18-13-19(17-6-4-3-5-16(17)18)8-10-21(11-9-19)15-7-12-22-14-15/h3-6,15,18H,7-14H2,1-2H3/t15-,18-/m0/s1. The average molecular weight is 300 g/mol. The van der Waals surface area contributed by atoms with Gasteiger partial charge in [0.05, 0.1) is 6.61 Å². The van der Waals surface area contributed by atoms with Crippen molar-refractivity contribution in [2.45, 2.75) is 43.2 Å². The Morgan fingerprint density at radius 2 is 1.95 bits per heavy atom. The van der Waals surface area contributed by atoms with Gasteiger partial charge in [-0.25, -0.2) is 0 Å².